The molecule has 3 heteroatoms. The standard InChI is InChI=1S/C17H13N3/c18-16-7-3-6-12-9-19-17(8-15(12)16)20-10-13-4-1-2-5-14(13)11-20/h1-11H,18H2. The molecule has 0 spiro atoms. The van der Waals surface area contributed by atoms with Crippen LogP contribution in [0.25, 0.3) is 27.4 Å². The molecule has 0 aliphatic heterocycles. The van der Waals surface area contributed by atoms with Gasteiger partial charge in [0.15, 0.2) is 0 Å². The number of hydrogen-bond donors (Lipinski definition) is 1. The van der Waals surface area contributed by atoms with Gasteiger partial charge in [-0.25, -0.2) is 4.98 Å². The number of nitrogen functional groups attached to an aromatic ring is 1. The molecule has 0 fully saturated rings. The summed E-state index contributed by atoms with van der Waals surface area (Å²) in [5.74, 6) is 0.881. The molecule has 0 saturated carbocycles. The van der Waals surface area contributed by atoms with Gasteiger partial charge in [-0.1, -0.05) is 36.4 Å². The van der Waals surface area contributed by atoms with Crippen LogP contribution in [0.3, 0.4) is 0 Å². The van der Waals surface area contributed by atoms with Gasteiger partial charge in [-0.3, -0.25) is 0 Å². The van der Waals surface area contributed by atoms with E-state index >= 15 is 0 Å². The molecule has 0 atom stereocenters. The van der Waals surface area contributed by atoms with Crippen molar-refractivity contribution in [3.05, 3.63) is 67.1 Å². The number of nitrogens with zero attached hydrogens (tertiary/aromatic N) is 2. The number of aromatic nitrogens is 2. The molecule has 0 aliphatic rings. The summed E-state index contributed by atoms with van der Waals surface area (Å²) < 4.78 is 2.04. The topological polar surface area (TPSA) is 43.8 Å². The predicted molar refractivity (Wildman–Crippen MR) is 83.0 cm³/mol. The normalized spacial score (nSPS) is 11.2. The fourth-order valence-electron chi connectivity index (χ4n) is 2.54. The molecule has 2 aromatic heterocycles. The van der Waals surface area contributed by atoms with Gasteiger partial charge in [-0.15, -0.1) is 0 Å². The van der Waals surface area contributed by atoms with Crippen LogP contribution in [0.1, 0.15) is 0 Å². The van der Waals surface area contributed by atoms with Gasteiger partial charge in [0.2, 0.25) is 0 Å². The van der Waals surface area contributed by atoms with E-state index in [0.29, 0.717) is 0 Å². The summed E-state index contributed by atoms with van der Waals surface area (Å²) in [7, 11) is 0. The largest absolute Gasteiger partial charge is 0.398 e. The van der Waals surface area contributed by atoms with Crippen LogP contribution >= 0.6 is 0 Å². The number of fused-ring (bicyclic) bond motifs is 2. The fourth-order valence-corrected chi connectivity index (χ4v) is 2.54. The minimum atomic E-state index is 0.780. The fraction of sp³-hybridized carbons (Fsp3) is 0. The molecule has 0 amide bonds. The molecule has 0 unspecified atom stereocenters. The van der Waals surface area contributed by atoms with Gasteiger partial charge < -0.3 is 10.3 Å². The van der Waals surface area contributed by atoms with Crippen LogP contribution in [0.15, 0.2) is 67.1 Å². The van der Waals surface area contributed by atoms with Gasteiger partial charge in [-0.05, 0) is 22.9 Å². The maximum Gasteiger partial charge on any atom is 0.137 e. The van der Waals surface area contributed by atoms with E-state index in [1.54, 1.807) is 0 Å². The smallest absolute Gasteiger partial charge is 0.137 e. The summed E-state index contributed by atoms with van der Waals surface area (Å²) in [6.45, 7) is 0. The molecular formula is C17H13N3. The van der Waals surface area contributed by atoms with Crippen LogP contribution in [-0.2, 0) is 0 Å². The third-order valence-electron chi connectivity index (χ3n) is 3.60. The van der Waals surface area contributed by atoms with E-state index in [1.165, 1.54) is 10.8 Å². The lowest BCUT2D eigenvalue weighted by atomic mass is 10.1. The summed E-state index contributed by atoms with van der Waals surface area (Å²) in [6, 6.07) is 16.2. The van der Waals surface area contributed by atoms with Crippen molar-refractivity contribution in [2.45, 2.75) is 0 Å². The maximum absolute atomic E-state index is 6.04. The monoisotopic (exact) mass is 259 g/mol. The minimum absolute atomic E-state index is 0.780. The van der Waals surface area contributed by atoms with Crippen molar-refractivity contribution >= 4 is 27.2 Å². The molecule has 2 heterocycles. The highest BCUT2D eigenvalue weighted by molar-refractivity contribution is 5.93. The van der Waals surface area contributed by atoms with E-state index in [-0.39, 0.29) is 0 Å². The third kappa shape index (κ3) is 1.64. The quantitative estimate of drug-likeness (QED) is 0.529. The maximum atomic E-state index is 6.04. The van der Waals surface area contributed by atoms with Crippen LogP contribution in [0, 0.1) is 0 Å². The van der Waals surface area contributed by atoms with E-state index in [0.717, 1.165) is 22.3 Å². The van der Waals surface area contributed by atoms with Crippen molar-refractivity contribution in [1.82, 2.24) is 9.55 Å². The lowest BCUT2D eigenvalue weighted by molar-refractivity contribution is 1.02. The van der Waals surface area contributed by atoms with Crippen molar-refractivity contribution < 1.29 is 0 Å². The highest BCUT2D eigenvalue weighted by Gasteiger charge is 2.04. The molecule has 0 aliphatic carbocycles. The molecule has 0 radical (unpaired) electrons. The summed E-state index contributed by atoms with van der Waals surface area (Å²) in [5.41, 5.74) is 6.82. The first-order chi connectivity index (χ1) is 9.81. The molecule has 20 heavy (non-hydrogen) atoms. The Labute approximate surface area is 116 Å². The van der Waals surface area contributed by atoms with Gasteiger partial charge in [0, 0.05) is 35.1 Å². The Hall–Kier alpha value is -2.81. The van der Waals surface area contributed by atoms with Crippen LogP contribution in [0.5, 0.6) is 0 Å². The Kier molecular flexibility index (Phi) is 2.27. The third-order valence-corrected chi connectivity index (χ3v) is 3.60. The molecule has 2 aromatic carbocycles. The summed E-state index contributed by atoms with van der Waals surface area (Å²) in [6.07, 6.45) is 6.04. The van der Waals surface area contributed by atoms with Gasteiger partial charge in [0.1, 0.15) is 5.82 Å². The van der Waals surface area contributed by atoms with E-state index in [2.05, 4.69) is 29.5 Å². The molecule has 4 rings (SSSR count). The Balaban J connectivity index is 1.95. The molecule has 2 N–H and O–H groups in total. The minimum Gasteiger partial charge on any atom is -0.398 e. The van der Waals surface area contributed by atoms with Crippen molar-refractivity contribution in [3.63, 3.8) is 0 Å². The first-order valence-electron chi connectivity index (χ1n) is 6.53. The van der Waals surface area contributed by atoms with E-state index in [9.17, 15) is 0 Å². The van der Waals surface area contributed by atoms with Crippen molar-refractivity contribution in [2.75, 3.05) is 5.73 Å². The number of pyridine rings is 1. The molecule has 0 saturated heterocycles. The Morgan fingerprint density at radius 1 is 0.850 bits per heavy atom. The second-order valence-electron chi connectivity index (χ2n) is 4.91. The molecule has 4 aromatic rings. The molecular weight excluding hydrogens is 246 g/mol. The Morgan fingerprint density at radius 2 is 1.55 bits per heavy atom. The zero-order chi connectivity index (χ0) is 13.5. The molecule has 3 nitrogen and oxygen atoms in total. The Morgan fingerprint density at radius 3 is 2.30 bits per heavy atom. The second-order valence-corrected chi connectivity index (χ2v) is 4.91. The summed E-state index contributed by atoms with van der Waals surface area (Å²) in [5, 5.41) is 4.51. The molecule has 96 valence electrons. The highest BCUT2D eigenvalue weighted by atomic mass is 15.0. The number of rotatable bonds is 1. The van der Waals surface area contributed by atoms with E-state index in [4.69, 9.17) is 5.73 Å². The average molecular weight is 259 g/mol. The summed E-state index contributed by atoms with van der Waals surface area (Å²) in [4.78, 5) is 4.52. The number of anilines is 1. The van der Waals surface area contributed by atoms with Crippen LogP contribution < -0.4 is 5.73 Å². The van der Waals surface area contributed by atoms with Crippen molar-refractivity contribution in [1.29, 1.82) is 0 Å². The van der Waals surface area contributed by atoms with E-state index < -0.39 is 0 Å². The lowest BCUT2D eigenvalue weighted by Gasteiger charge is -2.05. The zero-order valence-corrected chi connectivity index (χ0v) is 10.8. The summed E-state index contributed by atoms with van der Waals surface area (Å²) >= 11 is 0. The number of nitrogens with two attached hydrogens (primary N) is 1. The average Bonchev–Trinajstić information content (AvgIpc) is 2.91. The van der Waals surface area contributed by atoms with Crippen molar-refractivity contribution in [2.24, 2.45) is 0 Å². The van der Waals surface area contributed by atoms with Gasteiger partial charge in [0.05, 0.1) is 0 Å². The first-order valence-corrected chi connectivity index (χ1v) is 6.53. The predicted octanol–water partition coefficient (Wildman–Crippen LogP) is 3.76. The first kappa shape index (κ1) is 11.1. The lowest BCUT2D eigenvalue weighted by Crippen LogP contribution is -1.95. The molecule has 0 bridgehead atoms. The van der Waals surface area contributed by atoms with E-state index in [1.807, 2.05) is 47.2 Å². The van der Waals surface area contributed by atoms with Gasteiger partial charge >= 0.3 is 0 Å². The zero-order valence-electron chi connectivity index (χ0n) is 10.8. The SMILES string of the molecule is Nc1cccc2cnc(-n3cc4ccccc4c3)cc12. The van der Waals surface area contributed by atoms with Crippen LogP contribution in [0.2, 0.25) is 0 Å². The highest BCUT2D eigenvalue weighted by Crippen LogP contribution is 2.24. The second kappa shape index (κ2) is 4.10. The Bertz CT molecular complexity index is 889. The van der Waals surface area contributed by atoms with Crippen LogP contribution in [-0.4, -0.2) is 9.55 Å². The number of hydrogen-bond acceptors (Lipinski definition) is 2. The van der Waals surface area contributed by atoms with Crippen LogP contribution in [0.4, 0.5) is 5.69 Å². The number of benzene rings is 2. The van der Waals surface area contributed by atoms with Gasteiger partial charge in [0.25, 0.3) is 0 Å². The van der Waals surface area contributed by atoms with Crippen molar-refractivity contribution in [3.8, 4) is 5.82 Å². The van der Waals surface area contributed by atoms with Gasteiger partial charge in [-0.2, -0.15) is 0 Å².